The minimum Gasteiger partial charge on any atom is -0.490 e. The SMILES string of the molecule is CCOc1cc(CNC[C@@H]2CCCO2)cc(Br)c1OCc1cccc(C)c1. The molecule has 1 aliphatic rings. The van der Waals surface area contributed by atoms with Crippen LogP contribution in [0.3, 0.4) is 0 Å². The van der Waals surface area contributed by atoms with E-state index in [1.54, 1.807) is 0 Å². The molecule has 5 heteroatoms. The molecule has 0 bridgehead atoms. The molecule has 1 aliphatic heterocycles. The molecular weight excluding hydrogens is 406 g/mol. The van der Waals surface area contributed by atoms with Crippen LogP contribution in [0.5, 0.6) is 11.5 Å². The average Bonchev–Trinajstić information content (AvgIpc) is 3.15. The zero-order valence-electron chi connectivity index (χ0n) is 16.1. The maximum Gasteiger partial charge on any atom is 0.175 e. The second-order valence-corrected chi connectivity index (χ2v) is 7.74. The molecule has 1 fully saturated rings. The second kappa shape index (κ2) is 10.1. The van der Waals surface area contributed by atoms with Gasteiger partial charge in [-0.2, -0.15) is 0 Å². The maximum atomic E-state index is 6.09. The first-order valence-electron chi connectivity index (χ1n) is 9.61. The van der Waals surface area contributed by atoms with Crippen LogP contribution < -0.4 is 14.8 Å². The first-order chi connectivity index (χ1) is 13.2. The fourth-order valence-electron chi connectivity index (χ4n) is 3.27. The summed E-state index contributed by atoms with van der Waals surface area (Å²) in [6, 6.07) is 12.5. The van der Waals surface area contributed by atoms with E-state index in [9.17, 15) is 0 Å². The average molecular weight is 434 g/mol. The van der Waals surface area contributed by atoms with Crippen molar-refractivity contribution in [2.45, 2.75) is 45.9 Å². The normalized spacial score (nSPS) is 16.5. The van der Waals surface area contributed by atoms with Crippen LogP contribution in [0.15, 0.2) is 40.9 Å². The van der Waals surface area contributed by atoms with Crippen molar-refractivity contribution in [1.82, 2.24) is 5.32 Å². The van der Waals surface area contributed by atoms with E-state index in [4.69, 9.17) is 14.2 Å². The Morgan fingerprint density at radius 2 is 2.07 bits per heavy atom. The standard InChI is InChI=1S/C22H28BrNO3/c1-3-25-21-12-18(13-24-14-19-8-5-9-26-19)11-20(23)22(21)27-15-17-7-4-6-16(2)10-17/h4,6-7,10-12,19,24H,3,5,8-9,13-15H2,1-2H3/t19-/m0/s1. The van der Waals surface area contributed by atoms with Crippen LogP contribution in [0.25, 0.3) is 0 Å². The third kappa shape index (κ3) is 5.96. The Labute approximate surface area is 170 Å². The second-order valence-electron chi connectivity index (χ2n) is 6.88. The van der Waals surface area contributed by atoms with Gasteiger partial charge in [0.15, 0.2) is 11.5 Å². The van der Waals surface area contributed by atoms with E-state index in [1.807, 2.05) is 6.92 Å². The fourth-order valence-corrected chi connectivity index (χ4v) is 3.87. The summed E-state index contributed by atoms with van der Waals surface area (Å²) in [7, 11) is 0. The Balaban J connectivity index is 1.65. The molecule has 27 heavy (non-hydrogen) atoms. The molecule has 2 aromatic rings. The smallest absolute Gasteiger partial charge is 0.175 e. The number of aryl methyl sites for hydroxylation is 1. The van der Waals surface area contributed by atoms with Crippen LogP contribution in [0.2, 0.25) is 0 Å². The molecule has 0 amide bonds. The Morgan fingerprint density at radius 1 is 1.19 bits per heavy atom. The molecule has 4 nitrogen and oxygen atoms in total. The summed E-state index contributed by atoms with van der Waals surface area (Å²) in [6.45, 7) is 7.73. The van der Waals surface area contributed by atoms with E-state index in [0.29, 0.717) is 19.3 Å². The summed E-state index contributed by atoms with van der Waals surface area (Å²) < 4.78 is 18.5. The van der Waals surface area contributed by atoms with Crippen LogP contribution in [0, 0.1) is 6.92 Å². The summed E-state index contributed by atoms with van der Waals surface area (Å²) >= 11 is 3.66. The lowest BCUT2D eigenvalue weighted by Crippen LogP contribution is -2.25. The summed E-state index contributed by atoms with van der Waals surface area (Å²) in [5.74, 6) is 1.52. The van der Waals surface area contributed by atoms with Crippen molar-refractivity contribution < 1.29 is 14.2 Å². The van der Waals surface area contributed by atoms with Crippen LogP contribution in [0.4, 0.5) is 0 Å². The minimum absolute atomic E-state index is 0.344. The topological polar surface area (TPSA) is 39.7 Å². The molecule has 2 aromatic carbocycles. The van der Waals surface area contributed by atoms with Crippen molar-refractivity contribution in [3.63, 3.8) is 0 Å². The molecule has 3 rings (SSSR count). The van der Waals surface area contributed by atoms with E-state index in [1.165, 1.54) is 12.0 Å². The van der Waals surface area contributed by atoms with Gasteiger partial charge in [0.25, 0.3) is 0 Å². The third-order valence-electron chi connectivity index (χ3n) is 4.56. The predicted octanol–water partition coefficient (Wildman–Crippen LogP) is 5.00. The van der Waals surface area contributed by atoms with Crippen LogP contribution in [0.1, 0.15) is 36.5 Å². The van der Waals surface area contributed by atoms with Crippen LogP contribution in [-0.4, -0.2) is 25.9 Å². The van der Waals surface area contributed by atoms with Gasteiger partial charge in [-0.1, -0.05) is 29.8 Å². The monoisotopic (exact) mass is 433 g/mol. The molecule has 0 unspecified atom stereocenters. The first-order valence-corrected chi connectivity index (χ1v) is 10.4. The lowest BCUT2D eigenvalue weighted by Gasteiger charge is -2.16. The highest BCUT2D eigenvalue weighted by Crippen LogP contribution is 2.37. The lowest BCUT2D eigenvalue weighted by atomic mass is 10.1. The van der Waals surface area contributed by atoms with Crippen LogP contribution >= 0.6 is 15.9 Å². The lowest BCUT2D eigenvalue weighted by molar-refractivity contribution is 0.110. The minimum atomic E-state index is 0.344. The fraction of sp³-hybridized carbons (Fsp3) is 0.455. The van der Waals surface area contributed by atoms with Gasteiger partial charge in [0.1, 0.15) is 6.61 Å². The van der Waals surface area contributed by atoms with E-state index < -0.39 is 0 Å². The van der Waals surface area contributed by atoms with Gasteiger partial charge in [-0.05, 0) is 65.9 Å². The molecular formula is C22H28BrNO3. The number of hydrogen-bond acceptors (Lipinski definition) is 4. The van der Waals surface area contributed by atoms with Gasteiger partial charge < -0.3 is 19.5 Å². The van der Waals surface area contributed by atoms with Gasteiger partial charge in [0.2, 0.25) is 0 Å². The van der Waals surface area contributed by atoms with Crippen molar-refractivity contribution in [2.24, 2.45) is 0 Å². The van der Waals surface area contributed by atoms with Gasteiger partial charge in [0.05, 0.1) is 17.2 Å². The number of nitrogens with one attached hydrogen (secondary N) is 1. The largest absolute Gasteiger partial charge is 0.490 e. The Bertz CT molecular complexity index is 744. The summed E-state index contributed by atoms with van der Waals surface area (Å²) in [4.78, 5) is 0. The Kier molecular flexibility index (Phi) is 7.56. The highest BCUT2D eigenvalue weighted by molar-refractivity contribution is 9.10. The molecule has 1 saturated heterocycles. The van der Waals surface area contributed by atoms with Crippen molar-refractivity contribution in [1.29, 1.82) is 0 Å². The maximum absolute atomic E-state index is 6.09. The molecule has 0 radical (unpaired) electrons. The Morgan fingerprint density at radius 3 is 2.81 bits per heavy atom. The number of halogens is 1. The van der Waals surface area contributed by atoms with E-state index in [2.05, 4.69) is 64.6 Å². The number of rotatable bonds is 9. The molecule has 1 N–H and O–H groups in total. The third-order valence-corrected chi connectivity index (χ3v) is 5.15. The van der Waals surface area contributed by atoms with Crippen LogP contribution in [-0.2, 0) is 17.9 Å². The van der Waals surface area contributed by atoms with Gasteiger partial charge in [-0.25, -0.2) is 0 Å². The highest BCUT2D eigenvalue weighted by Gasteiger charge is 2.16. The molecule has 1 heterocycles. The van der Waals surface area contributed by atoms with E-state index in [0.717, 1.165) is 53.2 Å². The van der Waals surface area contributed by atoms with Gasteiger partial charge >= 0.3 is 0 Å². The number of benzene rings is 2. The molecule has 0 aromatic heterocycles. The highest BCUT2D eigenvalue weighted by atomic mass is 79.9. The Hall–Kier alpha value is -1.56. The van der Waals surface area contributed by atoms with Gasteiger partial charge in [-0.15, -0.1) is 0 Å². The molecule has 1 atom stereocenters. The first kappa shape index (κ1) is 20.2. The van der Waals surface area contributed by atoms with Gasteiger partial charge in [0, 0.05) is 19.7 Å². The summed E-state index contributed by atoms with van der Waals surface area (Å²) in [5, 5.41) is 3.48. The van der Waals surface area contributed by atoms with E-state index in [-0.39, 0.29) is 0 Å². The van der Waals surface area contributed by atoms with Crippen molar-refractivity contribution in [2.75, 3.05) is 19.8 Å². The zero-order chi connectivity index (χ0) is 19.1. The van der Waals surface area contributed by atoms with Crippen molar-refractivity contribution in [3.8, 4) is 11.5 Å². The molecule has 0 spiro atoms. The summed E-state index contributed by atoms with van der Waals surface area (Å²) in [5.41, 5.74) is 3.53. The molecule has 146 valence electrons. The summed E-state index contributed by atoms with van der Waals surface area (Å²) in [6.07, 6.45) is 2.66. The van der Waals surface area contributed by atoms with E-state index >= 15 is 0 Å². The van der Waals surface area contributed by atoms with Crippen molar-refractivity contribution in [3.05, 3.63) is 57.6 Å². The van der Waals surface area contributed by atoms with Gasteiger partial charge in [-0.3, -0.25) is 0 Å². The molecule has 0 aliphatic carbocycles. The number of ether oxygens (including phenoxy) is 3. The van der Waals surface area contributed by atoms with Crippen molar-refractivity contribution >= 4 is 15.9 Å². The zero-order valence-corrected chi connectivity index (χ0v) is 17.7. The quantitative estimate of drug-likeness (QED) is 0.603. The predicted molar refractivity (Wildman–Crippen MR) is 112 cm³/mol. The molecule has 0 saturated carbocycles. The number of hydrogen-bond donors (Lipinski definition) is 1.